The van der Waals surface area contributed by atoms with E-state index < -0.39 is 5.97 Å². The molecule has 0 radical (unpaired) electrons. The molecule has 3 rings (SSSR count). The third-order valence-electron chi connectivity index (χ3n) is 4.58. The highest BCUT2D eigenvalue weighted by molar-refractivity contribution is 5.73. The van der Waals surface area contributed by atoms with E-state index in [4.69, 9.17) is 5.11 Å². The van der Waals surface area contributed by atoms with Crippen LogP contribution in [0, 0.1) is 5.92 Å². The molecule has 0 unspecified atom stereocenters. The van der Waals surface area contributed by atoms with E-state index >= 15 is 0 Å². The summed E-state index contributed by atoms with van der Waals surface area (Å²) >= 11 is 0. The van der Waals surface area contributed by atoms with Gasteiger partial charge in [0.15, 0.2) is 0 Å². The maximum atomic E-state index is 11.1. The van der Waals surface area contributed by atoms with E-state index in [2.05, 4.69) is 17.0 Å². The molecule has 0 saturated carbocycles. The molecule has 1 fully saturated rings. The Labute approximate surface area is 136 Å². The second-order valence-corrected chi connectivity index (χ2v) is 6.06. The SMILES string of the molecule is O=C(O)Cc1ccccc1N1C[C@@H](CO)[C@@H](c2ccccc2)C1. The van der Waals surface area contributed by atoms with E-state index in [9.17, 15) is 9.90 Å². The predicted octanol–water partition coefficient (Wildman–Crippen LogP) is 2.53. The minimum atomic E-state index is -0.824. The summed E-state index contributed by atoms with van der Waals surface area (Å²) in [6.07, 6.45) is 0.0203. The summed E-state index contributed by atoms with van der Waals surface area (Å²) in [5, 5.41) is 18.9. The Balaban J connectivity index is 1.87. The number of carbonyl (C=O) groups is 1. The van der Waals surface area contributed by atoms with E-state index in [0.717, 1.165) is 24.3 Å². The number of rotatable bonds is 5. The number of anilines is 1. The number of aliphatic carboxylic acids is 1. The fourth-order valence-corrected chi connectivity index (χ4v) is 3.46. The molecule has 2 N–H and O–H groups in total. The first kappa shape index (κ1) is 15.6. The lowest BCUT2D eigenvalue weighted by atomic mass is 9.90. The average molecular weight is 311 g/mol. The van der Waals surface area contributed by atoms with Crippen LogP contribution in [0.15, 0.2) is 54.6 Å². The summed E-state index contributed by atoms with van der Waals surface area (Å²) in [7, 11) is 0. The quantitative estimate of drug-likeness (QED) is 0.891. The van der Waals surface area contributed by atoms with Crippen LogP contribution in [0.2, 0.25) is 0 Å². The van der Waals surface area contributed by atoms with Gasteiger partial charge in [0.2, 0.25) is 0 Å². The molecule has 1 saturated heterocycles. The molecule has 0 aromatic heterocycles. The molecule has 0 spiro atoms. The Bertz CT molecular complexity index is 671. The monoisotopic (exact) mass is 311 g/mol. The standard InChI is InChI=1S/C19H21NO3/c21-13-16-11-20(12-17(16)14-6-2-1-3-7-14)18-9-5-4-8-15(18)10-19(22)23/h1-9,16-17,21H,10-13H2,(H,22,23)/t16-,17+/m0/s1. The predicted molar refractivity (Wildman–Crippen MR) is 89.8 cm³/mol. The molecular weight excluding hydrogens is 290 g/mol. The average Bonchev–Trinajstić information content (AvgIpc) is 3.00. The summed E-state index contributed by atoms with van der Waals surface area (Å²) in [6, 6.07) is 17.9. The van der Waals surface area contributed by atoms with Crippen LogP contribution < -0.4 is 4.90 Å². The van der Waals surface area contributed by atoms with Crippen molar-refractivity contribution in [1.82, 2.24) is 0 Å². The van der Waals surface area contributed by atoms with Gasteiger partial charge in [0, 0.05) is 37.2 Å². The lowest BCUT2D eigenvalue weighted by molar-refractivity contribution is -0.136. The molecule has 2 aromatic carbocycles. The zero-order valence-corrected chi connectivity index (χ0v) is 12.9. The van der Waals surface area contributed by atoms with Crippen molar-refractivity contribution in [1.29, 1.82) is 0 Å². The van der Waals surface area contributed by atoms with Crippen LogP contribution in [-0.4, -0.2) is 35.9 Å². The number of hydrogen-bond donors (Lipinski definition) is 2. The molecule has 0 aliphatic carbocycles. The van der Waals surface area contributed by atoms with Gasteiger partial charge in [-0.05, 0) is 17.2 Å². The number of nitrogens with zero attached hydrogens (tertiary/aromatic N) is 1. The van der Waals surface area contributed by atoms with Crippen LogP contribution in [0.4, 0.5) is 5.69 Å². The Morgan fingerprint density at radius 1 is 1.04 bits per heavy atom. The molecule has 1 heterocycles. The summed E-state index contributed by atoms with van der Waals surface area (Å²) in [5.41, 5.74) is 3.02. The highest BCUT2D eigenvalue weighted by atomic mass is 16.4. The number of carboxylic acid groups (broad SMARTS) is 1. The number of benzene rings is 2. The molecule has 4 nitrogen and oxygen atoms in total. The highest BCUT2D eigenvalue weighted by Gasteiger charge is 2.34. The second kappa shape index (κ2) is 6.84. The van der Waals surface area contributed by atoms with E-state index in [1.807, 2.05) is 42.5 Å². The van der Waals surface area contributed by atoms with Crippen LogP contribution in [-0.2, 0) is 11.2 Å². The van der Waals surface area contributed by atoms with E-state index in [0.29, 0.717) is 0 Å². The van der Waals surface area contributed by atoms with Gasteiger partial charge in [-0.1, -0.05) is 48.5 Å². The van der Waals surface area contributed by atoms with Crippen LogP contribution in [0.25, 0.3) is 0 Å². The second-order valence-electron chi connectivity index (χ2n) is 6.06. The zero-order chi connectivity index (χ0) is 16.2. The Hall–Kier alpha value is -2.33. The fraction of sp³-hybridized carbons (Fsp3) is 0.316. The minimum Gasteiger partial charge on any atom is -0.481 e. The molecule has 4 heteroatoms. The van der Waals surface area contributed by atoms with Crippen molar-refractivity contribution < 1.29 is 15.0 Å². The first-order chi connectivity index (χ1) is 11.2. The van der Waals surface area contributed by atoms with E-state index in [1.165, 1.54) is 5.56 Å². The lowest BCUT2D eigenvalue weighted by Crippen LogP contribution is -2.22. The van der Waals surface area contributed by atoms with Crippen molar-refractivity contribution in [2.45, 2.75) is 12.3 Å². The largest absolute Gasteiger partial charge is 0.481 e. The van der Waals surface area contributed by atoms with E-state index in [1.54, 1.807) is 0 Å². The van der Waals surface area contributed by atoms with Crippen molar-refractivity contribution in [3.05, 3.63) is 65.7 Å². The Kier molecular flexibility index (Phi) is 4.63. The summed E-state index contributed by atoms with van der Waals surface area (Å²) in [4.78, 5) is 13.3. The maximum absolute atomic E-state index is 11.1. The van der Waals surface area contributed by atoms with Crippen molar-refractivity contribution >= 4 is 11.7 Å². The number of para-hydroxylation sites is 1. The minimum absolute atomic E-state index is 0.0203. The maximum Gasteiger partial charge on any atom is 0.307 e. The third-order valence-corrected chi connectivity index (χ3v) is 4.58. The van der Waals surface area contributed by atoms with Crippen LogP contribution >= 0.6 is 0 Å². The van der Waals surface area contributed by atoms with Crippen molar-refractivity contribution in [2.24, 2.45) is 5.92 Å². The molecule has 2 aromatic rings. The molecule has 1 aliphatic rings. The Morgan fingerprint density at radius 3 is 2.43 bits per heavy atom. The third kappa shape index (κ3) is 3.37. The molecule has 1 aliphatic heterocycles. The highest BCUT2D eigenvalue weighted by Crippen LogP contribution is 2.36. The van der Waals surface area contributed by atoms with Gasteiger partial charge in [-0.25, -0.2) is 0 Å². The summed E-state index contributed by atoms with van der Waals surface area (Å²) in [6.45, 7) is 1.68. The van der Waals surface area contributed by atoms with Crippen molar-refractivity contribution in [3.63, 3.8) is 0 Å². The molecule has 0 amide bonds. The zero-order valence-electron chi connectivity index (χ0n) is 12.9. The number of hydrogen-bond acceptors (Lipinski definition) is 3. The number of aliphatic hydroxyl groups excluding tert-OH is 1. The summed E-state index contributed by atoms with van der Waals surface area (Å²) in [5.74, 6) is -0.399. The fourth-order valence-electron chi connectivity index (χ4n) is 3.46. The first-order valence-electron chi connectivity index (χ1n) is 7.89. The normalized spacial score (nSPS) is 20.7. The van der Waals surface area contributed by atoms with Crippen LogP contribution in [0.1, 0.15) is 17.0 Å². The van der Waals surface area contributed by atoms with Gasteiger partial charge in [0.1, 0.15) is 0 Å². The van der Waals surface area contributed by atoms with Gasteiger partial charge in [0.25, 0.3) is 0 Å². The summed E-state index contributed by atoms with van der Waals surface area (Å²) < 4.78 is 0. The Morgan fingerprint density at radius 2 is 1.74 bits per heavy atom. The smallest absolute Gasteiger partial charge is 0.307 e. The van der Waals surface area contributed by atoms with Gasteiger partial charge in [-0.15, -0.1) is 0 Å². The van der Waals surface area contributed by atoms with Crippen LogP contribution in [0.3, 0.4) is 0 Å². The van der Waals surface area contributed by atoms with Crippen molar-refractivity contribution in [3.8, 4) is 0 Å². The van der Waals surface area contributed by atoms with Gasteiger partial charge in [-0.3, -0.25) is 4.79 Å². The first-order valence-corrected chi connectivity index (χ1v) is 7.89. The van der Waals surface area contributed by atoms with Gasteiger partial charge >= 0.3 is 5.97 Å². The molecular formula is C19H21NO3. The topological polar surface area (TPSA) is 60.8 Å². The molecule has 0 bridgehead atoms. The van der Waals surface area contributed by atoms with Crippen molar-refractivity contribution in [2.75, 3.05) is 24.6 Å². The van der Waals surface area contributed by atoms with Gasteiger partial charge in [0.05, 0.1) is 6.42 Å². The van der Waals surface area contributed by atoms with Gasteiger partial charge < -0.3 is 15.1 Å². The molecule has 2 atom stereocenters. The number of aliphatic hydroxyl groups is 1. The number of carboxylic acids is 1. The molecule has 120 valence electrons. The molecule has 23 heavy (non-hydrogen) atoms. The van der Waals surface area contributed by atoms with Gasteiger partial charge in [-0.2, -0.15) is 0 Å². The lowest BCUT2D eigenvalue weighted by Gasteiger charge is -2.21. The van der Waals surface area contributed by atoms with E-state index in [-0.39, 0.29) is 24.9 Å². The van der Waals surface area contributed by atoms with Crippen LogP contribution in [0.5, 0.6) is 0 Å².